The number of rotatable bonds is 13. The minimum absolute atomic E-state index is 0.00782. The maximum absolute atomic E-state index is 14.1. The molecule has 0 aliphatic carbocycles. The molecule has 0 radical (unpaired) electrons. The molecule has 0 heterocycles. The molecule has 4 aromatic rings. The van der Waals surface area contributed by atoms with E-state index in [1.165, 1.54) is 11.0 Å². The topological polar surface area (TPSA) is 95.9 Å². The first-order valence-electron chi connectivity index (χ1n) is 13.8. The Kier molecular flexibility index (Phi) is 10.4. The van der Waals surface area contributed by atoms with Crippen molar-refractivity contribution in [3.05, 3.63) is 125 Å². The number of carboxylic acid groups (broad SMARTS) is 1. The Morgan fingerprint density at radius 1 is 0.833 bits per heavy atom. The first-order valence-corrected chi connectivity index (χ1v) is 13.8. The van der Waals surface area contributed by atoms with Crippen LogP contribution in [0.5, 0.6) is 5.75 Å². The number of hydrogen-bond acceptors (Lipinski definition) is 4. The van der Waals surface area contributed by atoms with Crippen molar-refractivity contribution in [1.82, 2.24) is 10.2 Å². The molecule has 0 aromatic heterocycles. The standard InChI is InChI=1S/C34H33FN2O5/c1-2-42-26-12-9-10-24(22-26)18-20-37(21-19-32(38)39)34(41)30-16-7-5-14-28(30)27-13-4-6-15-29(27)33(40)36-23-25-11-3-8-17-31(25)35/h3-17,22H,2,18-21,23H2,1H3,(H,36,40)(H,38,39). The molecule has 0 unspecified atom stereocenters. The molecule has 4 aromatic carbocycles. The van der Waals surface area contributed by atoms with Crippen molar-refractivity contribution >= 4 is 17.8 Å². The van der Waals surface area contributed by atoms with E-state index >= 15 is 0 Å². The second kappa shape index (κ2) is 14.6. The average Bonchev–Trinajstić information content (AvgIpc) is 3.00. The third-order valence-electron chi connectivity index (χ3n) is 6.78. The van der Waals surface area contributed by atoms with E-state index < -0.39 is 17.7 Å². The molecule has 0 atom stereocenters. The third kappa shape index (κ3) is 7.81. The Morgan fingerprint density at radius 2 is 1.50 bits per heavy atom. The van der Waals surface area contributed by atoms with Gasteiger partial charge in [0, 0.05) is 36.3 Å². The maximum Gasteiger partial charge on any atom is 0.305 e. The summed E-state index contributed by atoms with van der Waals surface area (Å²) in [7, 11) is 0. The first kappa shape index (κ1) is 30.0. The summed E-state index contributed by atoms with van der Waals surface area (Å²) in [6.45, 7) is 2.76. The number of benzene rings is 4. The summed E-state index contributed by atoms with van der Waals surface area (Å²) >= 11 is 0. The molecule has 42 heavy (non-hydrogen) atoms. The summed E-state index contributed by atoms with van der Waals surface area (Å²) in [6, 6.07) is 27.7. The number of nitrogens with zero attached hydrogens (tertiary/aromatic N) is 1. The smallest absolute Gasteiger partial charge is 0.305 e. The highest BCUT2D eigenvalue weighted by Gasteiger charge is 2.23. The van der Waals surface area contributed by atoms with Crippen molar-refractivity contribution in [3.8, 4) is 16.9 Å². The number of halogens is 1. The van der Waals surface area contributed by atoms with Crippen LogP contribution in [-0.2, 0) is 17.8 Å². The van der Waals surface area contributed by atoms with Crippen molar-refractivity contribution in [2.45, 2.75) is 26.3 Å². The van der Waals surface area contributed by atoms with E-state index in [0.29, 0.717) is 47.4 Å². The van der Waals surface area contributed by atoms with Crippen LogP contribution in [0.15, 0.2) is 97.1 Å². The van der Waals surface area contributed by atoms with E-state index in [0.717, 1.165) is 11.3 Å². The van der Waals surface area contributed by atoms with E-state index in [1.54, 1.807) is 66.7 Å². The van der Waals surface area contributed by atoms with E-state index in [4.69, 9.17) is 4.74 Å². The second-order valence-corrected chi connectivity index (χ2v) is 9.63. The van der Waals surface area contributed by atoms with Gasteiger partial charge in [0.05, 0.1) is 13.0 Å². The molecule has 0 fully saturated rings. The lowest BCUT2D eigenvalue weighted by Gasteiger charge is -2.24. The third-order valence-corrected chi connectivity index (χ3v) is 6.78. The Balaban J connectivity index is 1.60. The highest BCUT2D eigenvalue weighted by atomic mass is 19.1. The highest BCUT2D eigenvalue weighted by molar-refractivity contribution is 6.06. The molecular weight excluding hydrogens is 535 g/mol. The molecule has 8 heteroatoms. The predicted octanol–water partition coefficient (Wildman–Crippen LogP) is 5.98. The number of hydrogen-bond donors (Lipinski definition) is 2. The Labute approximate surface area is 244 Å². The van der Waals surface area contributed by atoms with Gasteiger partial charge in [-0.05, 0) is 60.4 Å². The largest absolute Gasteiger partial charge is 0.494 e. The van der Waals surface area contributed by atoms with Crippen molar-refractivity contribution < 1.29 is 28.6 Å². The van der Waals surface area contributed by atoms with Crippen LogP contribution in [0.25, 0.3) is 11.1 Å². The molecule has 0 spiro atoms. The Bertz CT molecular complexity index is 1550. The molecule has 2 N–H and O–H groups in total. The number of carbonyl (C=O) groups is 3. The lowest BCUT2D eigenvalue weighted by Crippen LogP contribution is -2.35. The average molecular weight is 569 g/mol. The maximum atomic E-state index is 14.1. The number of ether oxygens (including phenoxy) is 1. The quantitative estimate of drug-likeness (QED) is 0.207. The minimum atomic E-state index is -1.00. The van der Waals surface area contributed by atoms with Crippen LogP contribution in [0.2, 0.25) is 0 Å². The molecular formula is C34H33FN2O5. The van der Waals surface area contributed by atoms with Crippen molar-refractivity contribution in [1.29, 1.82) is 0 Å². The van der Waals surface area contributed by atoms with E-state index in [9.17, 15) is 23.9 Å². The lowest BCUT2D eigenvalue weighted by molar-refractivity contribution is -0.137. The molecule has 0 bridgehead atoms. The molecule has 7 nitrogen and oxygen atoms in total. The fourth-order valence-electron chi connectivity index (χ4n) is 4.67. The van der Waals surface area contributed by atoms with Gasteiger partial charge in [-0.3, -0.25) is 14.4 Å². The summed E-state index contributed by atoms with van der Waals surface area (Å²) < 4.78 is 19.7. The molecule has 0 aliphatic heterocycles. The molecule has 216 valence electrons. The van der Waals surface area contributed by atoms with Gasteiger partial charge in [-0.15, -0.1) is 0 Å². The molecule has 2 amide bonds. The summed E-state index contributed by atoms with van der Waals surface area (Å²) in [6.07, 6.45) is 0.297. The SMILES string of the molecule is CCOc1cccc(CCN(CCC(=O)O)C(=O)c2ccccc2-c2ccccc2C(=O)NCc2ccccc2F)c1. The summed E-state index contributed by atoms with van der Waals surface area (Å²) in [5.41, 5.74) is 3.08. The summed E-state index contributed by atoms with van der Waals surface area (Å²) in [4.78, 5) is 40.1. The number of amides is 2. The number of carbonyl (C=O) groups excluding carboxylic acids is 2. The Hall–Kier alpha value is -4.98. The van der Waals surface area contributed by atoms with Crippen LogP contribution < -0.4 is 10.1 Å². The van der Waals surface area contributed by atoms with Gasteiger partial charge in [0.15, 0.2) is 0 Å². The molecule has 0 saturated heterocycles. The second-order valence-electron chi connectivity index (χ2n) is 9.63. The zero-order valence-electron chi connectivity index (χ0n) is 23.4. The van der Waals surface area contributed by atoms with E-state index in [1.807, 2.05) is 31.2 Å². The van der Waals surface area contributed by atoms with E-state index in [2.05, 4.69) is 5.32 Å². The minimum Gasteiger partial charge on any atom is -0.494 e. The van der Waals surface area contributed by atoms with Crippen molar-refractivity contribution in [3.63, 3.8) is 0 Å². The van der Waals surface area contributed by atoms with Crippen LogP contribution in [0.4, 0.5) is 4.39 Å². The zero-order valence-corrected chi connectivity index (χ0v) is 23.4. The van der Waals surface area contributed by atoms with Gasteiger partial charge in [0.1, 0.15) is 11.6 Å². The fraction of sp³-hybridized carbons (Fsp3) is 0.206. The fourth-order valence-corrected chi connectivity index (χ4v) is 4.67. The van der Waals surface area contributed by atoms with Crippen molar-refractivity contribution in [2.24, 2.45) is 0 Å². The number of carboxylic acids is 1. The van der Waals surface area contributed by atoms with Gasteiger partial charge in [0.2, 0.25) is 0 Å². The van der Waals surface area contributed by atoms with Gasteiger partial charge in [-0.2, -0.15) is 0 Å². The van der Waals surface area contributed by atoms with Crippen LogP contribution in [0.3, 0.4) is 0 Å². The first-order chi connectivity index (χ1) is 20.4. The molecule has 0 saturated carbocycles. The summed E-state index contributed by atoms with van der Waals surface area (Å²) in [5.74, 6) is -1.43. The van der Waals surface area contributed by atoms with Crippen molar-refractivity contribution in [2.75, 3.05) is 19.7 Å². The number of aliphatic carboxylic acids is 1. The molecule has 4 rings (SSSR count). The van der Waals surface area contributed by atoms with Gasteiger partial charge < -0.3 is 20.1 Å². The van der Waals surface area contributed by atoms with Crippen LogP contribution >= 0.6 is 0 Å². The molecule has 0 aliphatic rings. The predicted molar refractivity (Wildman–Crippen MR) is 159 cm³/mol. The van der Waals surface area contributed by atoms with Gasteiger partial charge >= 0.3 is 5.97 Å². The monoisotopic (exact) mass is 568 g/mol. The Morgan fingerprint density at radius 3 is 2.21 bits per heavy atom. The normalized spacial score (nSPS) is 10.6. The zero-order chi connectivity index (χ0) is 29.9. The highest BCUT2D eigenvalue weighted by Crippen LogP contribution is 2.29. The number of nitrogens with one attached hydrogen (secondary N) is 1. The van der Waals surface area contributed by atoms with Gasteiger partial charge in [0.25, 0.3) is 11.8 Å². The van der Waals surface area contributed by atoms with Gasteiger partial charge in [-0.1, -0.05) is 66.7 Å². The van der Waals surface area contributed by atoms with Crippen LogP contribution in [0.1, 0.15) is 45.2 Å². The lowest BCUT2D eigenvalue weighted by atomic mass is 9.94. The van der Waals surface area contributed by atoms with Gasteiger partial charge in [-0.25, -0.2) is 4.39 Å². The summed E-state index contributed by atoms with van der Waals surface area (Å²) in [5, 5.41) is 12.1. The van der Waals surface area contributed by atoms with Crippen LogP contribution in [0, 0.1) is 5.82 Å². The van der Waals surface area contributed by atoms with E-state index in [-0.39, 0.29) is 25.4 Å². The van der Waals surface area contributed by atoms with Crippen LogP contribution in [-0.4, -0.2) is 47.5 Å².